The summed E-state index contributed by atoms with van der Waals surface area (Å²) >= 11 is 0. The molecule has 0 saturated carbocycles. The van der Waals surface area contributed by atoms with Crippen molar-refractivity contribution in [2.24, 2.45) is 0 Å². The second-order valence-electron chi connectivity index (χ2n) is 7.46. The monoisotopic (exact) mass is 374 g/mol. The molecule has 27 heavy (non-hydrogen) atoms. The Morgan fingerprint density at radius 3 is 1.89 bits per heavy atom. The van der Waals surface area contributed by atoms with Crippen molar-refractivity contribution in [3.8, 4) is 0 Å². The minimum atomic E-state index is -1.19. The van der Waals surface area contributed by atoms with Crippen LogP contribution in [-0.2, 0) is 11.2 Å². The Labute approximate surface area is 165 Å². The average molecular weight is 375 g/mol. The van der Waals surface area contributed by atoms with Gasteiger partial charge in [0.2, 0.25) is 0 Å². The van der Waals surface area contributed by atoms with Crippen LogP contribution in [0.3, 0.4) is 0 Å². The Morgan fingerprint density at radius 1 is 0.778 bits per heavy atom. The van der Waals surface area contributed by atoms with Gasteiger partial charge in [0.1, 0.15) is 0 Å². The molecule has 0 saturated heterocycles. The smallest absolute Gasteiger partial charge is 0.332 e. The lowest BCUT2D eigenvalue weighted by atomic mass is 10.0. The highest BCUT2D eigenvalue weighted by molar-refractivity contribution is 5.71. The number of aliphatic carboxylic acids is 1. The van der Waals surface area contributed by atoms with Crippen LogP contribution in [0, 0.1) is 0 Å². The number of aryl methyl sites for hydroxylation is 1. The maximum Gasteiger partial charge on any atom is 0.332 e. The summed E-state index contributed by atoms with van der Waals surface area (Å²) in [5.74, 6) is -1.11. The van der Waals surface area contributed by atoms with Crippen molar-refractivity contribution in [1.82, 2.24) is 0 Å². The molecule has 1 aromatic rings. The first-order valence-electron chi connectivity index (χ1n) is 10.8. The number of unbranched alkanes of at least 4 members (excludes halogenated alkanes) is 10. The fraction of sp³-hybridized carbons (Fsp3) is 0.625. The van der Waals surface area contributed by atoms with Crippen molar-refractivity contribution in [3.05, 3.63) is 48.0 Å². The third kappa shape index (κ3) is 14.2. The number of carbonyl (C=O) groups is 1. The zero-order valence-electron chi connectivity index (χ0n) is 16.8. The van der Waals surface area contributed by atoms with Crippen molar-refractivity contribution in [2.75, 3.05) is 0 Å². The first-order chi connectivity index (χ1) is 13.2. The molecule has 0 aliphatic rings. The van der Waals surface area contributed by atoms with Crippen molar-refractivity contribution in [1.29, 1.82) is 0 Å². The lowest BCUT2D eigenvalue weighted by Gasteiger charge is -2.04. The van der Waals surface area contributed by atoms with Crippen LogP contribution in [0.25, 0.3) is 0 Å². The number of aliphatic hydroxyl groups excluding tert-OH is 1. The summed E-state index contributed by atoms with van der Waals surface area (Å²) in [6.07, 6.45) is 19.3. The first-order valence-corrected chi connectivity index (χ1v) is 10.8. The lowest BCUT2D eigenvalue weighted by Crippen LogP contribution is -2.18. The summed E-state index contributed by atoms with van der Waals surface area (Å²) in [6.45, 7) is 0. The number of hydrogen-bond acceptors (Lipinski definition) is 2. The Morgan fingerprint density at radius 2 is 1.30 bits per heavy atom. The highest BCUT2D eigenvalue weighted by atomic mass is 16.4. The molecule has 0 spiro atoms. The van der Waals surface area contributed by atoms with Gasteiger partial charge in [0.25, 0.3) is 0 Å². The normalized spacial score (nSPS) is 12.5. The van der Waals surface area contributed by atoms with Gasteiger partial charge in [-0.15, -0.1) is 0 Å². The van der Waals surface area contributed by atoms with Crippen LogP contribution in [0.5, 0.6) is 0 Å². The Kier molecular flexibility index (Phi) is 14.4. The second kappa shape index (κ2) is 16.6. The molecule has 3 heteroatoms. The largest absolute Gasteiger partial charge is 0.479 e. The number of allylic oxidation sites excluding steroid dienone is 2. The number of rotatable bonds is 17. The summed E-state index contributed by atoms with van der Waals surface area (Å²) in [4.78, 5) is 10.5. The van der Waals surface area contributed by atoms with Crippen LogP contribution in [0.4, 0.5) is 0 Å². The minimum absolute atomic E-state index is 0.372. The van der Waals surface area contributed by atoms with Crippen LogP contribution in [0.15, 0.2) is 42.5 Å². The second-order valence-corrected chi connectivity index (χ2v) is 7.46. The predicted octanol–water partition coefficient (Wildman–Crippen LogP) is 6.30. The van der Waals surface area contributed by atoms with Gasteiger partial charge in [0.15, 0.2) is 6.10 Å². The number of carboxylic acids is 1. The molecular formula is C24H38O3. The number of aliphatic hydroxyl groups is 1. The molecule has 0 aliphatic carbocycles. The maximum absolute atomic E-state index is 10.5. The van der Waals surface area contributed by atoms with Crippen LogP contribution in [0.2, 0.25) is 0 Å². The van der Waals surface area contributed by atoms with E-state index < -0.39 is 12.1 Å². The van der Waals surface area contributed by atoms with Gasteiger partial charge in [0, 0.05) is 0 Å². The molecule has 0 radical (unpaired) electrons. The highest BCUT2D eigenvalue weighted by Gasteiger charge is 2.11. The summed E-state index contributed by atoms with van der Waals surface area (Å²) in [5, 5.41) is 17.7. The van der Waals surface area contributed by atoms with E-state index in [2.05, 4.69) is 42.5 Å². The molecule has 2 N–H and O–H groups in total. The molecule has 0 aliphatic heterocycles. The molecular weight excluding hydrogens is 336 g/mol. The van der Waals surface area contributed by atoms with E-state index in [0.29, 0.717) is 6.42 Å². The van der Waals surface area contributed by atoms with E-state index in [1.54, 1.807) is 0 Å². The minimum Gasteiger partial charge on any atom is -0.479 e. The topological polar surface area (TPSA) is 57.5 Å². The maximum atomic E-state index is 10.5. The van der Waals surface area contributed by atoms with Crippen molar-refractivity contribution in [2.45, 2.75) is 96.0 Å². The van der Waals surface area contributed by atoms with E-state index in [9.17, 15) is 4.79 Å². The molecule has 1 atom stereocenters. The number of carboxylic acid groups (broad SMARTS) is 1. The van der Waals surface area contributed by atoms with E-state index in [-0.39, 0.29) is 0 Å². The molecule has 0 aromatic heterocycles. The van der Waals surface area contributed by atoms with Gasteiger partial charge in [-0.05, 0) is 50.5 Å². The molecule has 0 heterocycles. The fourth-order valence-electron chi connectivity index (χ4n) is 3.26. The lowest BCUT2D eigenvalue weighted by molar-refractivity contribution is -0.146. The summed E-state index contributed by atoms with van der Waals surface area (Å²) in [7, 11) is 0. The zero-order valence-corrected chi connectivity index (χ0v) is 16.8. The van der Waals surface area contributed by atoms with Crippen LogP contribution in [-0.4, -0.2) is 22.3 Å². The molecule has 152 valence electrons. The Balaban J connectivity index is 1.78. The summed E-state index contributed by atoms with van der Waals surface area (Å²) < 4.78 is 0. The Hall–Kier alpha value is -1.61. The molecule has 1 aromatic carbocycles. The summed E-state index contributed by atoms with van der Waals surface area (Å²) in [5.41, 5.74) is 1.46. The van der Waals surface area contributed by atoms with E-state index in [0.717, 1.165) is 32.1 Å². The zero-order chi connectivity index (χ0) is 19.6. The van der Waals surface area contributed by atoms with Gasteiger partial charge in [-0.3, -0.25) is 0 Å². The van der Waals surface area contributed by atoms with Crippen LogP contribution in [0.1, 0.15) is 89.0 Å². The van der Waals surface area contributed by atoms with Crippen molar-refractivity contribution >= 4 is 5.97 Å². The first kappa shape index (κ1) is 23.4. The molecule has 1 rings (SSSR count). The van der Waals surface area contributed by atoms with Gasteiger partial charge >= 0.3 is 5.97 Å². The standard InChI is InChI=1S/C24H38O3/c25-23(24(26)27)21-17-12-10-8-6-4-2-1-3-5-7-9-11-14-18-22-19-15-13-16-20-22/h2,4,13,15-16,19-20,23,25H,1,3,5-12,14,17-18,21H2,(H,26,27). The molecule has 3 nitrogen and oxygen atoms in total. The fourth-order valence-corrected chi connectivity index (χ4v) is 3.26. The molecule has 0 amide bonds. The van der Waals surface area contributed by atoms with Crippen molar-refractivity contribution in [3.63, 3.8) is 0 Å². The van der Waals surface area contributed by atoms with Crippen LogP contribution >= 0.6 is 0 Å². The summed E-state index contributed by atoms with van der Waals surface area (Å²) in [6, 6.07) is 10.8. The molecule has 0 bridgehead atoms. The van der Waals surface area contributed by atoms with Gasteiger partial charge < -0.3 is 10.2 Å². The molecule has 1 unspecified atom stereocenters. The van der Waals surface area contributed by atoms with Gasteiger partial charge in [-0.25, -0.2) is 4.79 Å². The van der Waals surface area contributed by atoms with E-state index in [1.165, 1.54) is 56.9 Å². The SMILES string of the molecule is O=C(O)C(O)CCCCCCC=CCCCCCCCCc1ccccc1. The molecule has 0 fully saturated rings. The van der Waals surface area contributed by atoms with Gasteiger partial charge in [0.05, 0.1) is 0 Å². The third-order valence-corrected chi connectivity index (χ3v) is 4.98. The number of hydrogen-bond donors (Lipinski definition) is 2. The third-order valence-electron chi connectivity index (χ3n) is 4.98. The quantitative estimate of drug-likeness (QED) is 0.248. The highest BCUT2D eigenvalue weighted by Crippen LogP contribution is 2.12. The van der Waals surface area contributed by atoms with E-state index >= 15 is 0 Å². The number of benzene rings is 1. The predicted molar refractivity (Wildman–Crippen MR) is 113 cm³/mol. The van der Waals surface area contributed by atoms with Gasteiger partial charge in [-0.1, -0.05) is 87.4 Å². The van der Waals surface area contributed by atoms with E-state index in [4.69, 9.17) is 10.2 Å². The Bertz CT molecular complexity index is 496. The van der Waals surface area contributed by atoms with E-state index in [1.807, 2.05) is 0 Å². The average Bonchev–Trinajstić information content (AvgIpc) is 2.68. The van der Waals surface area contributed by atoms with Crippen LogP contribution < -0.4 is 0 Å². The van der Waals surface area contributed by atoms with Crippen molar-refractivity contribution < 1.29 is 15.0 Å². The van der Waals surface area contributed by atoms with Gasteiger partial charge in [-0.2, -0.15) is 0 Å².